The second-order valence-corrected chi connectivity index (χ2v) is 6.69. The number of guanidine groups is 2. The fraction of sp³-hybridized carbons (Fsp3) is 0.368. The maximum atomic E-state index is 6.15. The highest BCUT2D eigenvalue weighted by molar-refractivity contribution is 5.95. The minimum absolute atomic E-state index is 0.240. The number of hydrogen-bond acceptors (Lipinski definition) is 6. The molecule has 2 aromatic rings. The molecule has 2 aromatic carbocycles. The normalized spacial score (nSPS) is 19.8. The van der Waals surface area contributed by atoms with Crippen LogP contribution in [0.2, 0.25) is 0 Å². The number of nitrogens with zero attached hydrogens (tertiary/aromatic N) is 3. The van der Waals surface area contributed by atoms with E-state index in [0.29, 0.717) is 6.61 Å². The van der Waals surface area contributed by atoms with Gasteiger partial charge in [0.05, 0.1) is 0 Å². The Bertz CT molecular complexity index is 833. The Kier molecular flexibility index (Phi) is 4.05. The summed E-state index contributed by atoms with van der Waals surface area (Å²) in [6.45, 7) is 0.411. The fourth-order valence-electron chi connectivity index (χ4n) is 3.83. The second kappa shape index (κ2) is 6.37. The average Bonchev–Trinajstić information content (AvgIpc) is 2.61. The summed E-state index contributed by atoms with van der Waals surface area (Å²) in [6.07, 6.45) is 5.11. The number of hydroxylamine groups is 2. The van der Waals surface area contributed by atoms with Crippen LogP contribution in [-0.4, -0.2) is 22.6 Å². The van der Waals surface area contributed by atoms with E-state index in [4.69, 9.17) is 16.3 Å². The zero-order valence-electron chi connectivity index (χ0n) is 14.2. The molecule has 1 spiro atoms. The topological polar surface area (TPSA) is 89.2 Å². The van der Waals surface area contributed by atoms with E-state index >= 15 is 0 Å². The van der Waals surface area contributed by atoms with Crippen molar-refractivity contribution in [3.63, 3.8) is 0 Å². The van der Waals surface area contributed by atoms with Gasteiger partial charge >= 0.3 is 0 Å². The number of fused-ring (bicyclic) bond motifs is 1. The van der Waals surface area contributed by atoms with Gasteiger partial charge < -0.3 is 11.5 Å². The van der Waals surface area contributed by atoms with Crippen molar-refractivity contribution in [2.75, 3.05) is 0 Å². The van der Waals surface area contributed by atoms with Gasteiger partial charge in [-0.05, 0) is 42.0 Å². The molecule has 1 aliphatic carbocycles. The third-order valence-electron chi connectivity index (χ3n) is 5.02. The fourth-order valence-corrected chi connectivity index (χ4v) is 3.83. The van der Waals surface area contributed by atoms with Gasteiger partial charge in [0.15, 0.2) is 5.66 Å². The molecule has 6 nitrogen and oxygen atoms in total. The zero-order chi connectivity index (χ0) is 17.3. The van der Waals surface area contributed by atoms with E-state index < -0.39 is 5.66 Å². The molecular weight excluding hydrogens is 314 g/mol. The van der Waals surface area contributed by atoms with E-state index in [1.165, 1.54) is 17.2 Å². The highest BCUT2D eigenvalue weighted by Crippen LogP contribution is 2.37. The summed E-state index contributed by atoms with van der Waals surface area (Å²) in [7, 11) is 0. The smallest absolute Gasteiger partial charge is 0.226 e. The van der Waals surface area contributed by atoms with Gasteiger partial charge in [-0.1, -0.05) is 48.9 Å². The number of rotatable bonds is 3. The number of benzene rings is 2. The molecule has 1 aliphatic heterocycles. The lowest BCUT2D eigenvalue weighted by atomic mass is 9.89. The van der Waals surface area contributed by atoms with Crippen molar-refractivity contribution in [1.29, 1.82) is 0 Å². The molecule has 0 saturated heterocycles. The lowest BCUT2D eigenvalue weighted by Gasteiger charge is -2.44. The maximum Gasteiger partial charge on any atom is 0.226 e. The first-order valence-electron chi connectivity index (χ1n) is 8.77. The Morgan fingerprint density at radius 2 is 1.76 bits per heavy atom. The summed E-state index contributed by atoms with van der Waals surface area (Å²) in [5.41, 5.74) is 12.6. The largest absolute Gasteiger partial charge is 0.368 e. The molecular formula is C19H23N5O. The van der Waals surface area contributed by atoms with Gasteiger partial charge in [-0.15, -0.1) is 0 Å². The third kappa shape index (κ3) is 2.93. The van der Waals surface area contributed by atoms with Crippen LogP contribution in [-0.2, 0) is 11.4 Å². The lowest BCUT2D eigenvalue weighted by molar-refractivity contribution is -0.185. The zero-order valence-corrected chi connectivity index (χ0v) is 14.2. The molecule has 130 valence electrons. The first-order valence-corrected chi connectivity index (χ1v) is 8.77. The minimum Gasteiger partial charge on any atom is -0.368 e. The van der Waals surface area contributed by atoms with Gasteiger partial charge in [0, 0.05) is 0 Å². The number of hydrogen-bond donors (Lipinski definition) is 2. The van der Waals surface area contributed by atoms with Crippen LogP contribution >= 0.6 is 0 Å². The molecule has 0 bridgehead atoms. The van der Waals surface area contributed by atoms with Crippen LogP contribution in [0.15, 0.2) is 52.4 Å². The van der Waals surface area contributed by atoms with E-state index in [0.717, 1.165) is 31.2 Å². The summed E-state index contributed by atoms with van der Waals surface area (Å²) in [6, 6.07) is 14.5. The first kappa shape index (κ1) is 15.9. The average molecular weight is 337 g/mol. The highest BCUT2D eigenvalue weighted by atomic mass is 16.7. The van der Waals surface area contributed by atoms with Crippen molar-refractivity contribution >= 4 is 22.7 Å². The first-order chi connectivity index (χ1) is 12.2. The van der Waals surface area contributed by atoms with Gasteiger partial charge in [0.2, 0.25) is 11.9 Å². The van der Waals surface area contributed by atoms with Crippen molar-refractivity contribution < 1.29 is 4.84 Å². The van der Waals surface area contributed by atoms with Gasteiger partial charge in [-0.2, -0.15) is 10.1 Å². The second-order valence-electron chi connectivity index (χ2n) is 6.69. The summed E-state index contributed by atoms with van der Waals surface area (Å²) in [5.74, 6) is 0.527. The van der Waals surface area contributed by atoms with Crippen LogP contribution < -0.4 is 11.5 Å². The maximum absolute atomic E-state index is 6.15. The van der Waals surface area contributed by atoms with Gasteiger partial charge in [-0.25, -0.2) is 4.99 Å². The van der Waals surface area contributed by atoms with Crippen molar-refractivity contribution in [2.24, 2.45) is 21.5 Å². The Morgan fingerprint density at radius 3 is 2.60 bits per heavy atom. The summed E-state index contributed by atoms with van der Waals surface area (Å²) < 4.78 is 0. The molecule has 0 atom stereocenters. The summed E-state index contributed by atoms with van der Waals surface area (Å²) in [5, 5.41) is 4.06. The minimum atomic E-state index is -0.515. The Balaban J connectivity index is 1.61. The van der Waals surface area contributed by atoms with E-state index in [1.54, 1.807) is 5.06 Å². The van der Waals surface area contributed by atoms with E-state index in [-0.39, 0.29) is 11.9 Å². The third-order valence-corrected chi connectivity index (χ3v) is 5.02. The van der Waals surface area contributed by atoms with Crippen LogP contribution in [0.1, 0.15) is 37.7 Å². The lowest BCUT2D eigenvalue weighted by Crippen LogP contribution is -2.57. The predicted octanol–water partition coefficient (Wildman–Crippen LogP) is 2.88. The summed E-state index contributed by atoms with van der Waals surface area (Å²) in [4.78, 5) is 14.9. The molecule has 0 aromatic heterocycles. The summed E-state index contributed by atoms with van der Waals surface area (Å²) >= 11 is 0. The van der Waals surface area contributed by atoms with Crippen LogP contribution in [0.5, 0.6) is 0 Å². The molecule has 1 heterocycles. The highest BCUT2D eigenvalue weighted by Gasteiger charge is 2.43. The van der Waals surface area contributed by atoms with Crippen molar-refractivity contribution in [3.05, 3.63) is 48.0 Å². The van der Waals surface area contributed by atoms with Crippen molar-refractivity contribution in [2.45, 2.75) is 44.4 Å². The molecule has 1 saturated carbocycles. The molecule has 2 aliphatic rings. The molecule has 0 radical (unpaired) electrons. The Labute approximate surface area is 147 Å². The van der Waals surface area contributed by atoms with Gasteiger partial charge in [0.25, 0.3) is 0 Å². The molecule has 1 fully saturated rings. The van der Waals surface area contributed by atoms with Crippen molar-refractivity contribution in [3.8, 4) is 0 Å². The van der Waals surface area contributed by atoms with Gasteiger partial charge in [0.1, 0.15) is 6.61 Å². The quantitative estimate of drug-likeness (QED) is 0.901. The molecule has 4 rings (SSSR count). The molecule has 6 heteroatoms. The van der Waals surface area contributed by atoms with Gasteiger partial charge in [-0.3, -0.25) is 4.84 Å². The van der Waals surface area contributed by atoms with Crippen LogP contribution in [0.25, 0.3) is 10.8 Å². The Morgan fingerprint density at radius 1 is 1.00 bits per heavy atom. The predicted molar refractivity (Wildman–Crippen MR) is 99.6 cm³/mol. The number of aliphatic imine (C=N–C) groups is 2. The van der Waals surface area contributed by atoms with E-state index in [2.05, 4.69) is 34.3 Å². The SMILES string of the molecule is NC1=NC2(CCCCC2)N(OCc2cccc3ccccc23)C(N)=N1. The van der Waals surface area contributed by atoms with E-state index in [1.807, 2.05) is 18.2 Å². The monoisotopic (exact) mass is 337 g/mol. The molecule has 0 amide bonds. The van der Waals surface area contributed by atoms with E-state index in [9.17, 15) is 0 Å². The van der Waals surface area contributed by atoms with Crippen LogP contribution in [0.3, 0.4) is 0 Å². The molecule has 0 unspecified atom stereocenters. The molecule has 4 N–H and O–H groups in total. The van der Waals surface area contributed by atoms with Crippen molar-refractivity contribution in [1.82, 2.24) is 5.06 Å². The molecule has 25 heavy (non-hydrogen) atoms. The Hall–Kier alpha value is -2.60. The van der Waals surface area contributed by atoms with Crippen LogP contribution in [0.4, 0.5) is 0 Å². The van der Waals surface area contributed by atoms with Crippen LogP contribution in [0, 0.1) is 0 Å². The number of nitrogens with two attached hydrogens (primary N) is 2. The standard InChI is InChI=1S/C19H23N5O/c20-17-22-18(21)24(19(23-17)11-4-1-5-12-19)25-13-15-9-6-8-14-7-2-3-10-16(14)15/h2-3,6-10H,1,4-5,11-13H2,(H4,20,21,22,23).